The van der Waals surface area contributed by atoms with E-state index in [1.165, 1.54) is 6.33 Å². The maximum atomic E-state index is 5.74. The standard InChI is InChI=1S/C10H7Cl2N3O/c11-6-1-3-7(4-2-6)16-10-8(13)9(12)14-5-15-10/h1-5H,13H2. The minimum absolute atomic E-state index is 0.166. The molecular formula is C10H7Cl2N3O. The minimum Gasteiger partial charge on any atom is -0.437 e. The zero-order valence-electron chi connectivity index (χ0n) is 8.02. The predicted octanol–water partition coefficient (Wildman–Crippen LogP) is 3.16. The van der Waals surface area contributed by atoms with Crippen LogP contribution >= 0.6 is 23.2 Å². The quantitative estimate of drug-likeness (QED) is 0.838. The zero-order valence-corrected chi connectivity index (χ0v) is 9.53. The summed E-state index contributed by atoms with van der Waals surface area (Å²) in [5.74, 6) is 0.799. The normalized spacial score (nSPS) is 10.1. The van der Waals surface area contributed by atoms with Crippen LogP contribution in [0.3, 0.4) is 0 Å². The second kappa shape index (κ2) is 4.55. The first-order valence-electron chi connectivity index (χ1n) is 4.36. The van der Waals surface area contributed by atoms with Crippen molar-refractivity contribution in [3.63, 3.8) is 0 Å². The molecule has 1 aromatic carbocycles. The van der Waals surface area contributed by atoms with E-state index in [1.807, 2.05) is 0 Å². The molecule has 0 saturated heterocycles. The Morgan fingerprint density at radius 1 is 1.06 bits per heavy atom. The van der Waals surface area contributed by atoms with E-state index in [1.54, 1.807) is 24.3 Å². The van der Waals surface area contributed by atoms with Crippen LogP contribution in [0.4, 0.5) is 5.69 Å². The van der Waals surface area contributed by atoms with Gasteiger partial charge in [0.1, 0.15) is 17.8 Å². The molecular weight excluding hydrogens is 249 g/mol. The second-order valence-corrected chi connectivity index (χ2v) is 3.73. The van der Waals surface area contributed by atoms with E-state index in [9.17, 15) is 0 Å². The van der Waals surface area contributed by atoms with E-state index < -0.39 is 0 Å². The number of nitrogens with two attached hydrogens (primary N) is 1. The summed E-state index contributed by atoms with van der Waals surface area (Å²) in [5, 5.41) is 0.792. The fourth-order valence-corrected chi connectivity index (χ4v) is 1.31. The summed E-state index contributed by atoms with van der Waals surface area (Å²) in [5.41, 5.74) is 5.86. The zero-order chi connectivity index (χ0) is 11.5. The van der Waals surface area contributed by atoms with Crippen molar-refractivity contribution in [2.24, 2.45) is 0 Å². The lowest BCUT2D eigenvalue weighted by atomic mass is 10.3. The van der Waals surface area contributed by atoms with Gasteiger partial charge < -0.3 is 10.5 Å². The summed E-state index contributed by atoms with van der Waals surface area (Å²) in [6, 6.07) is 6.82. The maximum absolute atomic E-state index is 5.74. The molecule has 0 unspecified atom stereocenters. The van der Waals surface area contributed by atoms with E-state index >= 15 is 0 Å². The number of ether oxygens (including phenoxy) is 1. The third-order valence-electron chi connectivity index (χ3n) is 1.83. The summed E-state index contributed by atoms with van der Waals surface area (Å²) in [4.78, 5) is 7.60. The van der Waals surface area contributed by atoms with Gasteiger partial charge in [0.15, 0.2) is 5.15 Å². The van der Waals surface area contributed by atoms with Crippen LogP contribution in [0.2, 0.25) is 10.2 Å². The van der Waals surface area contributed by atoms with Crippen LogP contribution < -0.4 is 10.5 Å². The van der Waals surface area contributed by atoms with Gasteiger partial charge in [-0.15, -0.1) is 0 Å². The third kappa shape index (κ3) is 2.35. The molecule has 0 saturated carbocycles. The summed E-state index contributed by atoms with van der Waals surface area (Å²) in [6.07, 6.45) is 1.28. The fraction of sp³-hybridized carbons (Fsp3) is 0. The molecule has 4 nitrogen and oxygen atoms in total. The predicted molar refractivity (Wildman–Crippen MR) is 63.0 cm³/mol. The molecule has 1 heterocycles. The Bertz CT molecular complexity index is 502. The van der Waals surface area contributed by atoms with Crippen molar-refractivity contribution >= 4 is 28.9 Å². The van der Waals surface area contributed by atoms with Crippen molar-refractivity contribution in [1.29, 1.82) is 0 Å². The molecule has 0 fully saturated rings. The molecule has 2 rings (SSSR count). The third-order valence-corrected chi connectivity index (χ3v) is 2.38. The largest absolute Gasteiger partial charge is 0.437 e. The second-order valence-electron chi connectivity index (χ2n) is 2.94. The lowest BCUT2D eigenvalue weighted by Gasteiger charge is -2.07. The van der Waals surface area contributed by atoms with Gasteiger partial charge in [-0.2, -0.15) is 4.98 Å². The van der Waals surface area contributed by atoms with Crippen LogP contribution in [0.25, 0.3) is 0 Å². The molecule has 0 spiro atoms. The van der Waals surface area contributed by atoms with Crippen molar-refractivity contribution in [3.05, 3.63) is 40.8 Å². The summed E-state index contributed by atoms with van der Waals surface area (Å²) in [6.45, 7) is 0. The van der Waals surface area contributed by atoms with E-state index in [4.69, 9.17) is 33.7 Å². The van der Waals surface area contributed by atoms with Crippen LogP contribution in [0.5, 0.6) is 11.6 Å². The molecule has 0 bridgehead atoms. The fourth-order valence-electron chi connectivity index (χ4n) is 1.05. The summed E-state index contributed by atoms with van der Waals surface area (Å²) < 4.78 is 5.43. The van der Waals surface area contributed by atoms with Gasteiger partial charge in [-0.3, -0.25) is 0 Å². The number of nitrogen functional groups attached to an aromatic ring is 1. The van der Waals surface area contributed by atoms with Crippen molar-refractivity contribution in [2.75, 3.05) is 5.73 Å². The van der Waals surface area contributed by atoms with E-state index in [2.05, 4.69) is 9.97 Å². The molecule has 0 aliphatic rings. The Labute approximate surface area is 102 Å². The lowest BCUT2D eigenvalue weighted by Crippen LogP contribution is -1.97. The Morgan fingerprint density at radius 2 is 1.75 bits per heavy atom. The number of halogens is 2. The Morgan fingerprint density at radius 3 is 2.44 bits per heavy atom. The van der Waals surface area contributed by atoms with Crippen LogP contribution in [-0.2, 0) is 0 Å². The van der Waals surface area contributed by atoms with Gasteiger partial charge in [-0.25, -0.2) is 4.98 Å². The van der Waals surface area contributed by atoms with Crippen molar-refractivity contribution < 1.29 is 4.74 Å². The topological polar surface area (TPSA) is 61.0 Å². The molecule has 82 valence electrons. The molecule has 0 atom stereocenters. The molecule has 6 heteroatoms. The molecule has 0 aliphatic heterocycles. The van der Waals surface area contributed by atoms with Crippen molar-refractivity contribution in [3.8, 4) is 11.6 Å². The average molecular weight is 256 g/mol. The van der Waals surface area contributed by atoms with Gasteiger partial charge in [0.25, 0.3) is 0 Å². The van der Waals surface area contributed by atoms with Gasteiger partial charge in [-0.05, 0) is 24.3 Å². The van der Waals surface area contributed by atoms with Gasteiger partial charge in [0.2, 0.25) is 5.88 Å². The number of hydrogen-bond donors (Lipinski definition) is 1. The smallest absolute Gasteiger partial charge is 0.247 e. The van der Waals surface area contributed by atoms with Crippen molar-refractivity contribution in [2.45, 2.75) is 0 Å². The Kier molecular flexibility index (Phi) is 3.12. The summed E-state index contributed by atoms with van der Waals surface area (Å²) in [7, 11) is 0. The van der Waals surface area contributed by atoms with Crippen LogP contribution in [-0.4, -0.2) is 9.97 Å². The number of nitrogens with zero attached hydrogens (tertiary/aromatic N) is 2. The monoisotopic (exact) mass is 255 g/mol. The molecule has 1 aromatic heterocycles. The van der Waals surface area contributed by atoms with Gasteiger partial charge >= 0.3 is 0 Å². The molecule has 0 aliphatic carbocycles. The highest BCUT2D eigenvalue weighted by atomic mass is 35.5. The van der Waals surface area contributed by atoms with Crippen LogP contribution in [0.15, 0.2) is 30.6 Å². The number of rotatable bonds is 2. The first kappa shape index (κ1) is 11.0. The van der Waals surface area contributed by atoms with Gasteiger partial charge in [-0.1, -0.05) is 23.2 Å². The van der Waals surface area contributed by atoms with Crippen LogP contribution in [0.1, 0.15) is 0 Å². The molecule has 16 heavy (non-hydrogen) atoms. The number of hydrogen-bond acceptors (Lipinski definition) is 4. The van der Waals surface area contributed by atoms with Gasteiger partial charge in [0.05, 0.1) is 0 Å². The number of aromatic nitrogens is 2. The highest BCUT2D eigenvalue weighted by Crippen LogP contribution is 2.29. The van der Waals surface area contributed by atoms with E-state index in [0.717, 1.165) is 0 Å². The minimum atomic E-state index is 0.166. The first-order chi connectivity index (χ1) is 7.66. The number of anilines is 1. The highest BCUT2D eigenvalue weighted by molar-refractivity contribution is 6.32. The lowest BCUT2D eigenvalue weighted by molar-refractivity contribution is 0.464. The van der Waals surface area contributed by atoms with E-state index in [0.29, 0.717) is 10.8 Å². The van der Waals surface area contributed by atoms with Gasteiger partial charge in [0, 0.05) is 5.02 Å². The SMILES string of the molecule is Nc1c(Cl)ncnc1Oc1ccc(Cl)cc1. The molecule has 0 radical (unpaired) electrons. The highest BCUT2D eigenvalue weighted by Gasteiger charge is 2.07. The maximum Gasteiger partial charge on any atom is 0.247 e. The number of benzene rings is 1. The van der Waals surface area contributed by atoms with Crippen molar-refractivity contribution in [1.82, 2.24) is 9.97 Å². The summed E-state index contributed by atoms with van der Waals surface area (Å²) >= 11 is 11.5. The first-order valence-corrected chi connectivity index (χ1v) is 5.12. The Balaban J connectivity index is 2.27. The molecule has 2 aromatic rings. The molecule has 2 N–H and O–H groups in total. The average Bonchev–Trinajstić information content (AvgIpc) is 2.28. The molecule has 0 amide bonds. The van der Waals surface area contributed by atoms with Crippen LogP contribution in [0, 0.1) is 0 Å². The Hall–Kier alpha value is -1.52. The van der Waals surface area contributed by atoms with E-state index in [-0.39, 0.29) is 16.7 Å².